The number of hydrogen-bond acceptors (Lipinski definition) is 3. The van der Waals surface area contributed by atoms with Gasteiger partial charge in [0, 0.05) is 5.41 Å². The van der Waals surface area contributed by atoms with Crippen LogP contribution in [0.1, 0.15) is 72.6 Å². The lowest BCUT2D eigenvalue weighted by molar-refractivity contribution is 0.0733. The molecule has 4 rings (SSSR count). The number of aryl methyl sites for hydroxylation is 2. The van der Waals surface area contributed by atoms with Crippen molar-refractivity contribution in [2.75, 3.05) is 7.11 Å². The van der Waals surface area contributed by atoms with Gasteiger partial charge in [-0.05, 0) is 91.0 Å². The highest BCUT2D eigenvalue weighted by Gasteiger charge is 2.45. The van der Waals surface area contributed by atoms with Crippen molar-refractivity contribution in [2.45, 2.75) is 59.3 Å². The lowest BCUT2D eigenvalue weighted by atomic mass is 9.55. The summed E-state index contributed by atoms with van der Waals surface area (Å²) in [6, 6.07) is 22.1. The summed E-state index contributed by atoms with van der Waals surface area (Å²) in [5.41, 5.74) is 5.53. The molecule has 1 aliphatic carbocycles. The first-order valence-electron chi connectivity index (χ1n) is 12.2. The maximum Gasteiger partial charge on any atom is 0.343 e. The van der Waals surface area contributed by atoms with Crippen molar-refractivity contribution in [1.82, 2.24) is 0 Å². The predicted octanol–water partition coefficient (Wildman–Crippen LogP) is 7.66. The fraction of sp³-hybridized carbons (Fsp3) is 0.387. The molecular formula is C31H36O3. The Labute approximate surface area is 204 Å². The van der Waals surface area contributed by atoms with Gasteiger partial charge in [-0.3, -0.25) is 0 Å². The third-order valence-corrected chi connectivity index (χ3v) is 8.07. The summed E-state index contributed by atoms with van der Waals surface area (Å²) in [6.45, 7) is 11.3. The molecular weight excluding hydrogens is 420 g/mol. The number of hydrogen-bond donors (Lipinski definition) is 0. The summed E-state index contributed by atoms with van der Waals surface area (Å²) in [7, 11) is 1.72. The molecule has 1 fully saturated rings. The van der Waals surface area contributed by atoms with E-state index in [0.717, 1.165) is 36.1 Å². The maximum atomic E-state index is 12.6. The van der Waals surface area contributed by atoms with E-state index in [1.54, 1.807) is 19.2 Å². The molecule has 0 radical (unpaired) electrons. The van der Waals surface area contributed by atoms with Gasteiger partial charge in [0.05, 0.1) is 12.7 Å². The summed E-state index contributed by atoms with van der Waals surface area (Å²) in [6.07, 6.45) is 3.32. The predicted molar refractivity (Wildman–Crippen MR) is 138 cm³/mol. The van der Waals surface area contributed by atoms with Crippen molar-refractivity contribution in [3.05, 3.63) is 94.5 Å². The Kier molecular flexibility index (Phi) is 6.58. The van der Waals surface area contributed by atoms with E-state index in [1.165, 1.54) is 11.1 Å². The Balaban J connectivity index is 1.73. The monoisotopic (exact) mass is 456 g/mol. The molecule has 34 heavy (non-hydrogen) atoms. The van der Waals surface area contributed by atoms with Gasteiger partial charge in [-0.15, -0.1) is 0 Å². The van der Waals surface area contributed by atoms with E-state index in [1.807, 2.05) is 31.2 Å². The van der Waals surface area contributed by atoms with Crippen LogP contribution in [0.25, 0.3) is 0 Å². The number of benzene rings is 3. The molecule has 0 aromatic heterocycles. The first-order valence-corrected chi connectivity index (χ1v) is 12.2. The van der Waals surface area contributed by atoms with Gasteiger partial charge in [0.1, 0.15) is 11.5 Å². The van der Waals surface area contributed by atoms with E-state index in [0.29, 0.717) is 22.6 Å². The quantitative estimate of drug-likeness (QED) is 0.292. The SMILES string of the molecule is COc1ccc(C2(c3ccc(OC(=O)c4ccccc4)c(C)c3)CCC(C)(C)C(C)C2)cc1C. The highest BCUT2D eigenvalue weighted by atomic mass is 16.5. The summed E-state index contributed by atoms with van der Waals surface area (Å²) in [5, 5.41) is 0. The molecule has 1 saturated carbocycles. The Morgan fingerprint density at radius 2 is 1.44 bits per heavy atom. The van der Waals surface area contributed by atoms with Crippen molar-refractivity contribution < 1.29 is 14.3 Å². The highest BCUT2D eigenvalue weighted by Crippen LogP contribution is 2.53. The number of ether oxygens (including phenoxy) is 2. The second-order valence-corrected chi connectivity index (χ2v) is 10.6. The first-order chi connectivity index (χ1) is 16.2. The van der Waals surface area contributed by atoms with Gasteiger partial charge >= 0.3 is 5.97 Å². The Morgan fingerprint density at radius 1 is 0.853 bits per heavy atom. The first kappa shape index (κ1) is 24.1. The van der Waals surface area contributed by atoms with Crippen LogP contribution >= 0.6 is 0 Å². The lowest BCUT2D eigenvalue weighted by Gasteiger charge is -2.49. The molecule has 3 aromatic rings. The second kappa shape index (κ2) is 9.29. The summed E-state index contributed by atoms with van der Waals surface area (Å²) in [4.78, 5) is 12.6. The van der Waals surface area contributed by atoms with Crippen LogP contribution in [0.2, 0.25) is 0 Å². The van der Waals surface area contributed by atoms with Gasteiger partial charge in [0.25, 0.3) is 0 Å². The van der Waals surface area contributed by atoms with E-state index >= 15 is 0 Å². The standard InChI is InChI=1S/C31H36O3/c1-21-18-25(12-14-27(21)33-6)31(17-16-30(4,5)23(3)20-31)26-13-15-28(22(2)19-26)34-29(32)24-10-8-7-9-11-24/h7-15,18-19,23H,16-17,20H2,1-6H3. The third kappa shape index (κ3) is 4.49. The Hall–Kier alpha value is -3.07. The summed E-state index contributed by atoms with van der Waals surface area (Å²) < 4.78 is 11.3. The molecule has 0 spiro atoms. The minimum absolute atomic E-state index is 0.0846. The summed E-state index contributed by atoms with van der Waals surface area (Å²) in [5.74, 6) is 1.77. The number of carbonyl (C=O) groups is 1. The van der Waals surface area contributed by atoms with Crippen LogP contribution in [0.4, 0.5) is 0 Å². The molecule has 0 N–H and O–H groups in total. The number of carbonyl (C=O) groups excluding carboxylic acids is 1. The molecule has 0 aliphatic heterocycles. The van der Waals surface area contributed by atoms with Gasteiger partial charge in [-0.2, -0.15) is 0 Å². The number of rotatable bonds is 5. The average Bonchev–Trinajstić information content (AvgIpc) is 2.82. The van der Waals surface area contributed by atoms with Gasteiger partial charge in [0.15, 0.2) is 0 Å². The second-order valence-electron chi connectivity index (χ2n) is 10.6. The van der Waals surface area contributed by atoms with Crippen LogP contribution in [0.5, 0.6) is 11.5 Å². The van der Waals surface area contributed by atoms with Gasteiger partial charge in [-0.25, -0.2) is 4.79 Å². The molecule has 3 heteroatoms. The molecule has 0 bridgehead atoms. The molecule has 2 unspecified atom stereocenters. The van der Waals surface area contributed by atoms with Gasteiger partial charge < -0.3 is 9.47 Å². The minimum atomic E-state index is -0.329. The fourth-order valence-electron chi connectivity index (χ4n) is 5.34. The Bertz CT molecular complexity index is 1180. The van der Waals surface area contributed by atoms with Crippen molar-refractivity contribution in [3.63, 3.8) is 0 Å². The highest BCUT2D eigenvalue weighted by molar-refractivity contribution is 5.91. The van der Waals surface area contributed by atoms with Crippen molar-refractivity contribution >= 4 is 5.97 Å². The van der Waals surface area contributed by atoms with E-state index < -0.39 is 0 Å². The van der Waals surface area contributed by atoms with Crippen molar-refractivity contribution in [2.24, 2.45) is 11.3 Å². The zero-order valence-electron chi connectivity index (χ0n) is 21.3. The van der Waals surface area contributed by atoms with E-state index in [-0.39, 0.29) is 11.4 Å². The topological polar surface area (TPSA) is 35.5 Å². The summed E-state index contributed by atoms with van der Waals surface area (Å²) >= 11 is 0. The molecule has 0 amide bonds. The number of methoxy groups -OCH3 is 1. The maximum absolute atomic E-state index is 12.6. The fourth-order valence-corrected chi connectivity index (χ4v) is 5.34. The van der Waals surface area contributed by atoms with Crippen LogP contribution in [0.15, 0.2) is 66.7 Å². The van der Waals surface area contributed by atoms with Gasteiger partial charge in [0.2, 0.25) is 0 Å². The molecule has 2 atom stereocenters. The van der Waals surface area contributed by atoms with Crippen molar-refractivity contribution in [3.8, 4) is 11.5 Å². The smallest absolute Gasteiger partial charge is 0.343 e. The zero-order chi connectivity index (χ0) is 24.5. The molecule has 3 aromatic carbocycles. The van der Waals surface area contributed by atoms with E-state index in [9.17, 15) is 4.79 Å². The largest absolute Gasteiger partial charge is 0.496 e. The minimum Gasteiger partial charge on any atom is -0.496 e. The molecule has 3 nitrogen and oxygen atoms in total. The average molecular weight is 457 g/mol. The normalized spacial score (nSPS) is 21.6. The lowest BCUT2D eigenvalue weighted by Crippen LogP contribution is -2.41. The van der Waals surface area contributed by atoms with Crippen LogP contribution in [0, 0.1) is 25.2 Å². The van der Waals surface area contributed by atoms with Crippen LogP contribution < -0.4 is 9.47 Å². The van der Waals surface area contributed by atoms with Crippen LogP contribution in [-0.4, -0.2) is 13.1 Å². The van der Waals surface area contributed by atoms with E-state index in [2.05, 4.69) is 58.0 Å². The van der Waals surface area contributed by atoms with Crippen molar-refractivity contribution in [1.29, 1.82) is 0 Å². The molecule has 0 heterocycles. The Morgan fingerprint density at radius 3 is 1.97 bits per heavy atom. The molecule has 0 saturated heterocycles. The molecule has 1 aliphatic rings. The number of esters is 1. The van der Waals surface area contributed by atoms with E-state index in [4.69, 9.17) is 9.47 Å². The van der Waals surface area contributed by atoms with Crippen LogP contribution in [0.3, 0.4) is 0 Å². The van der Waals surface area contributed by atoms with Gasteiger partial charge in [-0.1, -0.05) is 63.2 Å². The zero-order valence-corrected chi connectivity index (χ0v) is 21.3. The third-order valence-electron chi connectivity index (χ3n) is 8.07. The molecule has 178 valence electrons. The van der Waals surface area contributed by atoms with Crippen LogP contribution in [-0.2, 0) is 5.41 Å².